The first-order valence-electron chi connectivity index (χ1n) is 8.39. The van der Waals surface area contributed by atoms with Gasteiger partial charge in [-0.15, -0.1) is 24.0 Å². The van der Waals surface area contributed by atoms with Crippen molar-refractivity contribution in [3.8, 4) is 17.2 Å². The molecule has 0 spiro atoms. The summed E-state index contributed by atoms with van der Waals surface area (Å²) in [6.45, 7) is 1.98. The van der Waals surface area contributed by atoms with E-state index in [1.165, 1.54) is 0 Å². The number of nitrogens with zero attached hydrogens (tertiary/aromatic N) is 1. The summed E-state index contributed by atoms with van der Waals surface area (Å²) in [7, 11) is 3.39. The van der Waals surface area contributed by atoms with Crippen LogP contribution in [0.15, 0.2) is 45.9 Å². The van der Waals surface area contributed by atoms with E-state index in [1.807, 2.05) is 36.4 Å². The highest BCUT2D eigenvalue weighted by molar-refractivity contribution is 14.0. The Hall–Kier alpha value is -1.68. The second kappa shape index (κ2) is 10.6. The lowest BCUT2D eigenvalue weighted by molar-refractivity contribution is 0.297. The van der Waals surface area contributed by atoms with Crippen LogP contribution in [0.2, 0.25) is 0 Å². The zero-order valence-electron chi connectivity index (χ0n) is 15.3. The topological polar surface area (TPSA) is 64.1 Å². The van der Waals surface area contributed by atoms with Crippen LogP contribution in [-0.2, 0) is 6.54 Å². The molecule has 0 bridgehead atoms. The van der Waals surface area contributed by atoms with Crippen LogP contribution in [0.25, 0.3) is 0 Å². The molecule has 3 rings (SSSR count). The van der Waals surface area contributed by atoms with Gasteiger partial charge in [0.15, 0.2) is 17.5 Å². The summed E-state index contributed by atoms with van der Waals surface area (Å²) in [5.74, 6) is 3.01. The Balaban J connectivity index is 0.00000261. The minimum Gasteiger partial charge on any atom is -0.496 e. The summed E-state index contributed by atoms with van der Waals surface area (Å²) in [4.78, 5) is 4.27. The van der Waals surface area contributed by atoms with Gasteiger partial charge in [-0.25, -0.2) is 0 Å². The van der Waals surface area contributed by atoms with E-state index >= 15 is 0 Å². The van der Waals surface area contributed by atoms with Gasteiger partial charge in [-0.3, -0.25) is 4.99 Å². The number of benzene rings is 2. The first-order valence-corrected chi connectivity index (χ1v) is 9.18. The van der Waals surface area contributed by atoms with Gasteiger partial charge in [0.1, 0.15) is 5.75 Å². The van der Waals surface area contributed by atoms with Crippen LogP contribution >= 0.6 is 39.9 Å². The van der Waals surface area contributed by atoms with Crippen molar-refractivity contribution in [3.63, 3.8) is 0 Å². The number of hydrogen-bond donors (Lipinski definition) is 2. The van der Waals surface area contributed by atoms with Gasteiger partial charge in [-0.05, 0) is 45.8 Å². The van der Waals surface area contributed by atoms with Crippen LogP contribution in [0, 0.1) is 0 Å². The Morgan fingerprint density at radius 1 is 1.15 bits per heavy atom. The Morgan fingerprint density at radius 3 is 2.63 bits per heavy atom. The summed E-state index contributed by atoms with van der Waals surface area (Å²) in [6.07, 6.45) is 0.887. The van der Waals surface area contributed by atoms with Gasteiger partial charge in [0, 0.05) is 31.8 Å². The van der Waals surface area contributed by atoms with E-state index in [9.17, 15) is 0 Å². The van der Waals surface area contributed by atoms with E-state index in [0.717, 1.165) is 39.4 Å². The van der Waals surface area contributed by atoms with Crippen molar-refractivity contribution in [1.29, 1.82) is 0 Å². The molecule has 146 valence electrons. The number of nitrogens with one attached hydrogen (secondary N) is 2. The van der Waals surface area contributed by atoms with Crippen LogP contribution in [0.1, 0.15) is 12.0 Å². The number of guanidine groups is 1. The number of hydrogen-bond acceptors (Lipinski definition) is 4. The monoisotopic (exact) mass is 547 g/mol. The number of anilines is 1. The molecule has 0 saturated heterocycles. The molecule has 0 unspecified atom stereocenters. The van der Waals surface area contributed by atoms with Gasteiger partial charge in [-0.1, -0.05) is 6.07 Å². The molecule has 2 aromatic carbocycles. The van der Waals surface area contributed by atoms with Crippen molar-refractivity contribution >= 4 is 51.6 Å². The Kier molecular flexibility index (Phi) is 8.49. The third kappa shape index (κ3) is 5.90. The van der Waals surface area contributed by atoms with Gasteiger partial charge in [-0.2, -0.15) is 0 Å². The molecule has 8 heteroatoms. The van der Waals surface area contributed by atoms with E-state index in [-0.39, 0.29) is 24.0 Å². The molecule has 1 aliphatic heterocycles. The molecular formula is C19H23BrIN3O3. The first kappa shape index (κ1) is 21.6. The Bertz CT molecular complexity index is 802. The number of ether oxygens (including phenoxy) is 3. The number of rotatable bonds is 4. The largest absolute Gasteiger partial charge is 0.496 e. The molecule has 1 heterocycles. The second-order valence-electron chi connectivity index (χ2n) is 5.73. The van der Waals surface area contributed by atoms with Gasteiger partial charge >= 0.3 is 0 Å². The van der Waals surface area contributed by atoms with Crippen LogP contribution in [-0.4, -0.2) is 33.3 Å². The van der Waals surface area contributed by atoms with Crippen LogP contribution in [0.3, 0.4) is 0 Å². The highest BCUT2D eigenvalue weighted by Gasteiger charge is 2.11. The normalized spacial score (nSPS) is 13.2. The van der Waals surface area contributed by atoms with Crippen molar-refractivity contribution < 1.29 is 14.2 Å². The molecule has 0 aliphatic carbocycles. The summed E-state index contributed by atoms with van der Waals surface area (Å²) < 4.78 is 17.6. The summed E-state index contributed by atoms with van der Waals surface area (Å²) in [5, 5.41) is 6.57. The fourth-order valence-electron chi connectivity index (χ4n) is 2.56. The zero-order chi connectivity index (χ0) is 18.4. The summed E-state index contributed by atoms with van der Waals surface area (Å²) in [5.41, 5.74) is 2.00. The summed E-state index contributed by atoms with van der Waals surface area (Å²) in [6, 6.07) is 11.8. The molecular weight excluding hydrogens is 525 g/mol. The third-order valence-corrected chi connectivity index (χ3v) is 4.53. The van der Waals surface area contributed by atoms with Crippen molar-refractivity contribution in [2.45, 2.75) is 13.0 Å². The number of methoxy groups -OCH3 is 1. The SMILES string of the molecule is CN=C(NCc1ccc(OC)c(Br)c1)Nc1ccc2c(c1)OCCCO2.I. The Labute approximate surface area is 184 Å². The molecule has 2 aromatic rings. The smallest absolute Gasteiger partial charge is 0.195 e. The highest BCUT2D eigenvalue weighted by Crippen LogP contribution is 2.32. The molecule has 27 heavy (non-hydrogen) atoms. The average Bonchev–Trinajstić information content (AvgIpc) is 2.90. The third-order valence-electron chi connectivity index (χ3n) is 3.91. The molecule has 0 fully saturated rings. The molecule has 0 aromatic heterocycles. The van der Waals surface area contributed by atoms with E-state index in [0.29, 0.717) is 25.7 Å². The molecule has 6 nitrogen and oxygen atoms in total. The van der Waals surface area contributed by atoms with E-state index in [2.05, 4.69) is 31.6 Å². The van der Waals surface area contributed by atoms with Gasteiger partial charge in [0.2, 0.25) is 0 Å². The van der Waals surface area contributed by atoms with Gasteiger partial charge in [0.05, 0.1) is 24.8 Å². The quantitative estimate of drug-likeness (QED) is 0.337. The minimum atomic E-state index is 0. The van der Waals surface area contributed by atoms with Gasteiger partial charge in [0.25, 0.3) is 0 Å². The maximum absolute atomic E-state index is 5.73. The van der Waals surface area contributed by atoms with Crippen LogP contribution in [0.5, 0.6) is 17.2 Å². The molecule has 2 N–H and O–H groups in total. The first-order chi connectivity index (χ1) is 12.7. The maximum Gasteiger partial charge on any atom is 0.195 e. The Morgan fingerprint density at radius 2 is 1.93 bits per heavy atom. The van der Waals surface area contributed by atoms with E-state index < -0.39 is 0 Å². The predicted octanol–water partition coefficient (Wildman–Crippen LogP) is 4.42. The molecule has 0 amide bonds. The maximum atomic E-state index is 5.73. The summed E-state index contributed by atoms with van der Waals surface area (Å²) >= 11 is 3.50. The van der Waals surface area contributed by atoms with Crippen molar-refractivity contribution in [2.75, 3.05) is 32.7 Å². The van der Waals surface area contributed by atoms with Crippen molar-refractivity contribution in [1.82, 2.24) is 5.32 Å². The standard InChI is InChI=1S/C19H22BrN3O3.HI/c1-21-19(22-12-13-4-6-16(24-2)15(20)10-13)23-14-5-7-17-18(11-14)26-9-3-8-25-17;/h4-7,10-11H,3,8-9,12H2,1-2H3,(H2,21,22,23);1H. The predicted molar refractivity (Wildman–Crippen MR) is 122 cm³/mol. The zero-order valence-corrected chi connectivity index (χ0v) is 19.2. The van der Waals surface area contributed by atoms with Crippen LogP contribution < -0.4 is 24.8 Å². The van der Waals surface area contributed by atoms with E-state index in [4.69, 9.17) is 14.2 Å². The molecule has 0 radical (unpaired) electrons. The lowest BCUT2D eigenvalue weighted by Crippen LogP contribution is -2.30. The highest BCUT2D eigenvalue weighted by atomic mass is 127. The number of halogens is 2. The lowest BCUT2D eigenvalue weighted by atomic mass is 10.2. The molecule has 0 atom stereocenters. The van der Waals surface area contributed by atoms with Crippen molar-refractivity contribution in [3.05, 3.63) is 46.4 Å². The van der Waals surface area contributed by atoms with Crippen LogP contribution in [0.4, 0.5) is 5.69 Å². The second-order valence-corrected chi connectivity index (χ2v) is 6.59. The van der Waals surface area contributed by atoms with Crippen molar-refractivity contribution in [2.24, 2.45) is 4.99 Å². The fourth-order valence-corrected chi connectivity index (χ4v) is 3.15. The fraction of sp³-hybridized carbons (Fsp3) is 0.316. The molecule has 1 aliphatic rings. The number of fused-ring (bicyclic) bond motifs is 1. The minimum absolute atomic E-state index is 0. The lowest BCUT2D eigenvalue weighted by Gasteiger charge is -2.14. The average molecular weight is 548 g/mol. The van der Waals surface area contributed by atoms with E-state index in [1.54, 1.807) is 14.2 Å². The number of aliphatic imine (C=N–C) groups is 1. The molecule has 0 saturated carbocycles. The van der Waals surface area contributed by atoms with Gasteiger partial charge < -0.3 is 24.8 Å².